The summed E-state index contributed by atoms with van der Waals surface area (Å²) >= 11 is 0. The highest BCUT2D eigenvalue weighted by atomic mass is 15.0. The molecule has 0 amide bonds. The molecule has 0 radical (unpaired) electrons. The van der Waals surface area contributed by atoms with E-state index in [0.29, 0.717) is 0 Å². The molecular weight excluding hydrogens is 717 g/mol. The minimum absolute atomic E-state index is 0.920. The Hall–Kier alpha value is -7.95. The van der Waals surface area contributed by atoms with Crippen molar-refractivity contribution in [3.05, 3.63) is 219 Å². The molecule has 0 aliphatic heterocycles. The van der Waals surface area contributed by atoms with E-state index in [-0.39, 0.29) is 0 Å². The van der Waals surface area contributed by atoms with Crippen LogP contribution in [-0.2, 0) is 0 Å². The molecule has 276 valence electrons. The quantitative estimate of drug-likeness (QED) is 0.166. The van der Waals surface area contributed by atoms with E-state index in [1.54, 1.807) is 0 Å². The average molecular weight is 753 g/mol. The number of hydrogen-bond donors (Lipinski definition) is 0. The lowest BCUT2D eigenvalue weighted by Crippen LogP contribution is -1.94. The van der Waals surface area contributed by atoms with Gasteiger partial charge in [-0.1, -0.05) is 140 Å². The summed E-state index contributed by atoms with van der Waals surface area (Å²) in [5, 5.41) is 4.99. The fraction of sp³-hybridized carbons (Fsp3) is 0. The van der Waals surface area contributed by atoms with Crippen molar-refractivity contribution in [1.82, 2.24) is 18.5 Å². The number of rotatable bonds is 6. The van der Waals surface area contributed by atoms with Gasteiger partial charge in [-0.3, -0.25) is 4.40 Å². The first kappa shape index (κ1) is 33.2. The van der Waals surface area contributed by atoms with Crippen molar-refractivity contribution < 1.29 is 0 Å². The summed E-state index contributed by atoms with van der Waals surface area (Å²) in [7, 11) is 0. The third-order valence-electron chi connectivity index (χ3n) is 11.9. The Kier molecular flexibility index (Phi) is 7.50. The predicted molar refractivity (Wildman–Crippen MR) is 246 cm³/mol. The average Bonchev–Trinajstić information content (AvgIpc) is 3.97. The SMILES string of the molecule is c1ccc(-c2nc3cc(-c4ccc(-n5c6ccccc6c6cc(-c7ccc8c(c7)c7ccccc7n8-c7ccccc7)ccc65)cc4)ccn3c2-c2ccccc2)cc1. The molecule has 0 aliphatic carbocycles. The second-order valence-corrected chi connectivity index (χ2v) is 15.2. The number of benzene rings is 8. The Balaban J connectivity index is 0.933. The van der Waals surface area contributed by atoms with E-state index in [1.165, 1.54) is 60.4 Å². The van der Waals surface area contributed by atoms with E-state index in [4.69, 9.17) is 4.98 Å². The predicted octanol–water partition coefficient (Wildman–Crippen LogP) is 14.2. The van der Waals surface area contributed by atoms with Gasteiger partial charge < -0.3 is 9.13 Å². The third-order valence-corrected chi connectivity index (χ3v) is 11.9. The van der Waals surface area contributed by atoms with Gasteiger partial charge in [0.1, 0.15) is 5.65 Å². The number of para-hydroxylation sites is 3. The van der Waals surface area contributed by atoms with Crippen molar-refractivity contribution in [2.45, 2.75) is 0 Å². The molecule has 8 aromatic carbocycles. The number of fused-ring (bicyclic) bond motifs is 7. The molecule has 4 heterocycles. The lowest BCUT2D eigenvalue weighted by molar-refractivity contribution is 1.18. The first-order valence-electron chi connectivity index (χ1n) is 20.1. The topological polar surface area (TPSA) is 27.2 Å². The van der Waals surface area contributed by atoms with Gasteiger partial charge >= 0.3 is 0 Å². The molecule has 4 aromatic heterocycles. The van der Waals surface area contributed by atoms with Gasteiger partial charge in [0.05, 0.1) is 33.5 Å². The zero-order chi connectivity index (χ0) is 38.9. The van der Waals surface area contributed by atoms with E-state index in [0.717, 1.165) is 45.0 Å². The molecule has 12 rings (SSSR count). The molecule has 0 saturated carbocycles. The molecule has 12 aromatic rings. The lowest BCUT2D eigenvalue weighted by Gasteiger charge is -2.11. The summed E-state index contributed by atoms with van der Waals surface area (Å²) in [6.07, 6.45) is 2.16. The maximum absolute atomic E-state index is 5.20. The van der Waals surface area contributed by atoms with Crippen molar-refractivity contribution >= 4 is 49.3 Å². The van der Waals surface area contributed by atoms with Gasteiger partial charge in [0.2, 0.25) is 0 Å². The first-order chi connectivity index (χ1) is 29.3. The largest absolute Gasteiger partial charge is 0.309 e. The molecule has 0 bridgehead atoms. The maximum Gasteiger partial charge on any atom is 0.138 e. The van der Waals surface area contributed by atoms with Crippen molar-refractivity contribution in [2.75, 3.05) is 0 Å². The zero-order valence-electron chi connectivity index (χ0n) is 32.1. The number of pyridine rings is 1. The monoisotopic (exact) mass is 752 g/mol. The van der Waals surface area contributed by atoms with E-state index in [1.807, 2.05) is 6.07 Å². The van der Waals surface area contributed by atoms with E-state index in [9.17, 15) is 0 Å². The normalized spacial score (nSPS) is 11.7. The Morgan fingerprint density at radius 2 is 0.763 bits per heavy atom. The van der Waals surface area contributed by atoms with Gasteiger partial charge in [0.25, 0.3) is 0 Å². The van der Waals surface area contributed by atoms with Gasteiger partial charge in [-0.2, -0.15) is 0 Å². The second kappa shape index (κ2) is 13.3. The van der Waals surface area contributed by atoms with Crippen molar-refractivity contribution in [2.24, 2.45) is 0 Å². The molecule has 0 unspecified atom stereocenters. The summed E-state index contributed by atoms with van der Waals surface area (Å²) < 4.78 is 6.98. The van der Waals surface area contributed by atoms with Crippen molar-refractivity contribution in [3.8, 4) is 56.1 Å². The van der Waals surface area contributed by atoms with Crippen LogP contribution in [0.2, 0.25) is 0 Å². The van der Waals surface area contributed by atoms with Crippen LogP contribution in [0.25, 0.3) is 105 Å². The summed E-state index contributed by atoms with van der Waals surface area (Å²) in [5.74, 6) is 0. The fourth-order valence-corrected chi connectivity index (χ4v) is 9.13. The van der Waals surface area contributed by atoms with Gasteiger partial charge in [0, 0.05) is 50.2 Å². The standard InChI is InChI=1S/C55H36N4/c1-4-14-38(15-5-1)54-55(39-16-6-2-7-17-39)57-33-32-42(36-53(57)56-54)37-24-28-44(29-25-37)59-50-23-13-11-21-46(50)48-35-41(27-31-52(48)59)40-26-30-51-47(34-40)45-20-10-12-22-49(45)58(51)43-18-8-3-9-19-43/h1-36H. The molecule has 0 aliphatic rings. The number of nitrogens with zero attached hydrogens (tertiary/aromatic N) is 4. The molecule has 0 atom stereocenters. The van der Waals surface area contributed by atoms with Gasteiger partial charge in [0.15, 0.2) is 0 Å². The highest BCUT2D eigenvalue weighted by Gasteiger charge is 2.18. The molecular formula is C55H36N4. The van der Waals surface area contributed by atoms with Crippen LogP contribution < -0.4 is 0 Å². The highest BCUT2D eigenvalue weighted by Crippen LogP contribution is 2.39. The molecule has 4 nitrogen and oxygen atoms in total. The van der Waals surface area contributed by atoms with Crippen LogP contribution in [0.15, 0.2) is 219 Å². The van der Waals surface area contributed by atoms with Crippen LogP contribution in [0.1, 0.15) is 0 Å². The second-order valence-electron chi connectivity index (χ2n) is 15.2. The van der Waals surface area contributed by atoms with Gasteiger partial charge in [-0.05, 0) is 95.1 Å². The van der Waals surface area contributed by atoms with Gasteiger partial charge in [-0.15, -0.1) is 0 Å². The summed E-state index contributed by atoms with van der Waals surface area (Å²) in [6.45, 7) is 0. The van der Waals surface area contributed by atoms with Gasteiger partial charge in [-0.25, -0.2) is 4.98 Å². The van der Waals surface area contributed by atoms with E-state index >= 15 is 0 Å². The molecule has 0 N–H and O–H groups in total. The highest BCUT2D eigenvalue weighted by molar-refractivity contribution is 6.12. The molecule has 4 heteroatoms. The number of aromatic nitrogens is 4. The number of imidazole rings is 1. The van der Waals surface area contributed by atoms with Crippen LogP contribution in [0, 0.1) is 0 Å². The van der Waals surface area contributed by atoms with Crippen LogP contribution in [0.4, 0.5) is 0 Å². The smallest absolute Gasteiger partial charge is 0.138 e. The van der Waals surface area contributed by atoms with E-state index in [2.05, 4.69) is 226 Å². The first-order valence-corrected chi connectivity index (χ1v) is 20.1. The van der Waals surface area contributed by atoms with Crippen molar-refractivity contribution in [1.29, 1.82) is 0 Å². The Labute approximate surface area is 341 Å². The molecule has 0 saturated heterocycles. The Morgan fingerprint density at radius 1 is 0.305 bits per heavy atom. The zero-order valence-corrected chi connectivity index (χ0v) is 32.1. The third kappa shape index (κ3) is 5.34. The van der Waals surface area contributed by atoms with Crippen LogP contribution in [0.5, 0.6) is 0 Å². The summed E-state index contributed by atoms with van der Waals surface area (Å²) in [5.41, 5.74) is 17.0. The molecule has 0 fully saturated rings. The van der Waals surface area contributed by atoms with E-state index < -0.39 is 0 Å². The lowest BCUT2D eigenvalue weighted by atomic mass is 10.0. The molecule has 59 heavy (non-hydrogen) atoms. The number of hydrogen-bond acceptors (Lipinski definition) is 1. The summed E-state index contributed by atoms with van der Waals surface area (Å²) in [4.78, 5) is 5.20. The summed E-state index contributed by atoms with van der Waals surface area (Å²) in [6, 6.07) is 76.3. The maximum atomic E-state index is 5.20. The van der Waals surface area contributed by atoms with Crippen LogP contribution in [-0.4, -0.2) is 18.5 Å². The minimum Gasteiger partial charge on any atom is -0.309 e. The van der Waals surface area contributed by atoms with Crippen LogP contribution in [0.3, 0.4) is 0 Å². The Morgan fingerprint density at radius 3 is 1.36 bits per heavy atom. The van der Waals surface area contributed by atoms with Crippen molar-refractivity contribution in [3.63, 3.8) is 0 Å². The fourth-order valence-electron chi connectivity index (χ4n) is 9.13. The Bertz CT molecular complexity index is 3520. The minimum atomic E-state index is 0.920. The molecule has 0 spiro atoms. The van der Waals surface area contributed by atoms with Crippen LogP contribution >= 0.6 is 0 Å².